The van der Waals surface area contributed by atoms with Gasteiger partial charge < -0.3 is 25.4 Å². The number of carbonyl (C=O) groups is 1. The van der Waals surface area contributed by atoms with Gasteiger partial charge in [-0.1, -0.05) is 36.4 Å². The molecule has 0 bridgehead atoms. The summed E-state index contributed by atoms with van der Waals surface area (Å²) in [5.41, 5.74) is 0.962. The molecule has 3 aromatic rings. The second kappa shape index (κ2) is 12.0. The molecular formula is C25H22F7N3O3. The highest BCUT2D eigenvalue weighted by atomic mass is 19.4. The average molecular weight is 545 g/mol. The van der Waals surface area contributed by atoms with Crippen molar-refractivity contribution in [2.75, 3.05) is 22.1 Å². The Labute approximate surface area is 212 Å². The molecule has 204 valence electrons. The normalized spacial score (nSPS) is 12.7. The van der Waals surface area contributed by atoms with Crippen molar-refractivity contribution in [3.63, 3.8) is 0 Å². The van der Waals surface area contributed by atoms with Crippen LogP contribution in [0.25, 0.3) is 0 Å². The molecule has 3 rings (SSSR count). The molecule has 38 heavy (non-hydrogen) atoms. The van der Waals surface area contributed by atoms with Crippen LogP contribution in [0.4, 0.5) is 52.6 Å². The number of hydrogen-bond donors (Lipinski definition) is 3. The zero-order chi connectivity index (χ0) is 27.9. The van der Waals surface area contributed by atoms with Crippen LogP contribution in [0.5, 0.6) is 5.75 Å². The Kier molecular flexibility index (Phi) is 9.04. The van der Waals surface area contributed by atoms with Crippen molar-refractivity contribution < 1.29 is 45.4 Å². The Balaban J connectivity index is 1.83. The number of urea groups is 1. The fourth-order valence-corrected chi connectivity index (χ4v) is 3.30. The molecule has 0 aliphatic carbocycles. The maximum atomic E-state index is 13.3. The number of carbonyl (C=O) groups excluding carboxylic acids is 1. The number of anilines is 3. The van der Waals surface area contributed by atoms with Gasteiger partial charge in [-0.15, -0.1) is 0 Å². The molecule has 0 spiro atoms. The maximum absolute atomic E-state index is 13.3. The molecule has 6 nitrogen and oxygen atoms in total. The van der Waals surface area contributed by atoms with Crippen LogP contribution in [0.1, 0.15) is 5.56 Å². The Morgan fingerprint density at radius 2 is 1.50 bits per heavy atom. The molecule has 0 aromatic heterocycles. The van der Waals surface area contributed by atoms with Gasteiger partial charge in [0, 0.05) is 23.6 Å². The maximum Gasteiger partial charge on any atom is 0.461 e. The van der Waals surface area contributed by atoms with E-state index in [1.165, 1.54) is 36.4 Å². The Hall–Kier alpha value is -4.00. The molecule has 2 amide bonds. The molecule has 3 aromatic carbocycles. The van der Waals surface area contributed by atoms with Crippen LogP contribution in [0.2, 0.25) is 0 Å². The summed E-state index contributed by atoms with van der Waals surface area (Å²) >= 11 is 0. The van der Waals surface area contributed by atoms with Gasteiger partial charge in [0.05, 0.1) is 6.54 Å². The number of rotatable bonds is 10. The molecule has 0 heterocycles. The number of amides is 2. The van der Waals surface area contributed by atoms with Gasteiger partial charge in [0.2, 0.25) is 0 Å². The number of benzene rings is 3. The lowest BCUT2D eigenvalue weighted by Gasteiger charge is -2.29. The van der Waals surface area contributed by atoms with E-state index in [4.69, 9.17) is 0 Å². The van der Waals surface area contributed by atoms with Gasteiger partial charge in [0.15, 0.2) is 6.10 Å². The van der Waals surface area contributed by atoms with Crippen LogP contribution < -0.4 is 20.3 Å². The summed E-state index contributed by atoms with van der Waals surface area (Å²) in [6.45, 7) is -1.31. The average Bonchev–Trinajstić information content (AvgIpc) is 2.83. The highest BCUT2D eigenvalue weighted by Gasteiger charge is 2.44. The predicted molar refractivity (Wildman–Crippen MR) is 127 cm³/mol. The fraction of sp³-hybridized carbons (Fsp3) is 0.240. The summed E-state index contributed by atoms with van der Waals surface area (Å²) < 4.78 is 95.0. The second-order valence-corrected chi connectivity index (χ2v) is 8.05. The standard InChI is InChI=1S/C25H22F7N3O3/c26-22(27)25(31,32)38-20-11-4-6-16(12-20)14-35(15-21(36)24(28,29)30)19-10-5-9-18(13-19)34-23(37)33-17-7-2-1-3-8-17/h1-13,21-22,36H,14-15H2,(H2,33,34,37). The summed E-state index contributed by atoms with van der Waals surface area (Å²) in [5.74, 6) is -0.628. The lowest BCUT2D eigenvalue weighted by Crippen LogP contribution is -2.41. The molecular weight excluding hydrogens is 523 g/mol. The van der Waals surface area contributed by atoms with Crippen molar-refractivity contribution in [1.29, 1.82) is 0 Å². The van der Waals surface area contributed by atoms with Gasteiger partial charge in [-0.3, -0.25) is 0 Å². The summed E-state index contributed by atoms with van der Waals surface area (Å²) in [4.78, 5) is 13.4. The largest absolute Gasteiger partial charge is 0.461 e. The lowest BCUT2D eigenvalue weighted by atomic mass is 10.1. The molecule has 0 radical (unpaired) electrons. The van der Waals surface area contributed by atoms with Crippen LogP contribution in [-0.4, -0.2) is 42.5 Å². The predicted octanol–water partition coefficient (Wildman–Crippen LogP) is 6.50. The van der Waals surface area contributed by atoms with Crippen LogP contribution in [0.15, 0.2) is 78.9 Å². The fourth-order valence-electron chi connectivity index (χ4n) is 3.30. The van der Waals surface area contributed by atoms with Crippen LogP contribution in [0, 0.1) is 0 Å². The van der Waals surface area contributed by atoms with E-state index in [2.05, 4.69) is 15.4 Å². The van der Waals surface area contributed by atoms with Gasteiger partial charge in [-0.25, -0.2) is 4.79 Å². The van der Waals surface area contributed by atoms with Crippen molar-refractivity contribution in [3.8, 4) is 5.75 Å². The minimum atomic E-state index is -4.96. The van der Waals surface area contributed by atoms with Crippen molar-refractivity contribution in [2.45, 2.75) is 31.4 Å². The number of halogens is 7. The van der Waals surface area contributed by atoms with E-state index in [1.54, 1.807) is 30.3 Å². The Morgan fingerprint density at radius 1 is 0.868 bits per heavy atom. The summed E-state index contributed by atoms with van der Waals surface area (Å²) in [6.07, 6.45) is -16.6. The van der Waals surface area contributed by atoms with Crippen LogP contribution in [-0.2, 0) is 6.54 Å². The van der Waals surface area contributed by atoms with Gasteiger partial charge >= 0.3 is 24.7 Å². The first-order chi connectivity index (χ1) is 17.8. The number of nitrogens with one attached hydrogen (secondary N) is 2. The molecule has 0 saturated carbocycles. The number of aliphatic hydroxyl groups excluding tert-OH is 1. The molecule has 0 fully saturated rings. The topological polar surface area (TPSA) is 73.8 Å². The SMILES string of the molecule is O=C(Nc1ccccc1)Nc1cccc(N(Cc2cccc(OC(F)(F)C(F)F)c2)CC(O)C(F)(F)F)c1. The first-order valence-electron chi connectivity index (χ1n) is 11.0. The number of nitrogens with zero attached hydrogens (tertiary/aromatic N) is 1. The zero-order valence-electron chi connectivity index (χ0n) is 19.4. The van der Waals surface area contributed by atoms with E-state index < -0.39 is 43.1 Å². The van der Waals surface area contributed by atoms with Gasteiger partial charge in [-0.2, -0.15) is 30.7 Å². The molecule has 1 atom stereocenters. The molecule has 0 saturated heterocycles. The summed E-state index contributed by atoms with van der Waals surface area (Å²) in [7, 11) is 0. The smallest absolute Gasteiger partial charge is 0.428 e. The van der Waals surface area contributed by atoms with E-state index in [0.29, 0.717) is 5.69 Å². The number of ether oxygens (including phenoxy) is 1. The Morgan fingerprint density at radius 3 is 2.16 bits per heavy atom. The molecule has 0 aliphatic rings. The minimum Gasteiger partial charge on any atom is -0.428 e. The first-order valence-corrected chi connectivity index (χ1v) is 11.0. The number of para-hydroxylation sites is 1. The van der Waals surface area contributed by atoms with E-state index in [0.717, 1.165) is 17.0 Å². The summed E-state index contributed by atoms with van der Waals surface area (Å²) in [6, 6.07) is 18.0. The minimum absolute atomic E-state index is 0.127. The number of alkyl halides is 7. The van der Waals surface area contributed by atoms with Crippen molar-refractivity contribution in [2.24, 2.45) is 0 Å². The van der Waals surface area contributed by atoms with E-state index in [-0.39, 0.29) is 23.5 Å². The summed E-state index contributed by atoms with van der Waals surface area (Å²) in [5, 5.41) is 14.8. The quantitative estimate of drug-likeness (QED) is 0.255. The Bertz CT molecular complexity index is 1210. The molecule has 3 N–H and O–H groups in total. The van der Waals surface area contributed by atoms with E-state index in [9.17, 15) is 40.6 Å². The number of hydrogen-bond acceptors (Lipinski definition) is 4. The first kappa shape index (κ1) is 28.6. The molecule has 13 heteroatoms. The van der Waals surface area contributed by atoms with Gasteiger partial charge in [0.1, 0.15) is 5.75 Å². The van der Waals surface area contributed by atoms with Crippen molar-refractivity contribution in [1.82, 2.24) is 0 Å². The third kappa shape index (κ3) is 8.26. The highest BCUT2D eigenvalue weighted by Crippen LogP contribution is 2.30. The third-order valence-corrected chi connectivity index (χ3v) is 5.05. The molecule has 0 aliphatic heterocycles. The van der Waals surface area contributed by atoms with Crippen molar-refractivity contribution >= 4 is 23.1 Å². The van der Waals surface area contributed by atoms with Crippen molar-refractivity contribution in [3.05, 3.63) is 84.4 Å². The van der Waals surface area contributed by atoms with Crippen LogP contribution in [0.3, 0.4) is 0 Å². The second-order valence-electron chi connectivity index (χ2n) is 8.05. The number of aliphatic hydroxyl groups is 1. The zero-order valence-corrected chi connectivity index (χ0v) is 19.4. The van der Waals surface area contributed by atoms with E-state index >= 15 is 0 Å². The monoisotopic (exact) mass is 545 g/mol. The van der Waals surface area contributed by atoms with Gasteiger partial charge in [-0.05, 0) is 48.0 Å². The molecule has 1 unspecified atom stereocenters. The van der Waals surface area contributed by atoms with Gasteiger partial charge in [0.25, 0.3) is 0 Å². The van der Waals surface area contributed by atoms with E-state index in [1.807, 2.05) is 0 Å². The lowest BCUT2D eigenvalue weighted by molar-refractivity contribution is -0.253. The third-order valence-electron chi connectivity index (χ3n) is 5.05. The van der Waals surface area contributed by atoms with Crippen LogP contribution >= 0.6 is 0 Å². The highest BCUT2D eigenvalue weighted by molar-refractivity contribution is 6.00.